The molecule has 0 atom stereocenters. The molecule has 1 N–H and O–H groups in total. The van der Waals surface area contributed by atoms with Crippen molar-refractivity contribution in [3.05, 3.63) is 46.5 Å². The van der Waals surface area contributed by atoms with Crippen LogP contribution >= 0.6 is 15.9 Å². The Balaban J connectivity index is 2.23. The highest BCUT2D eigenvalue weighted by molar-refractivity contribution is 9.10. The molecule has 2 heterocycles. The number of nitrogens with one attached hydrogen (secondary N) is 1. The van der Waals surface area contributed by atoms with Gasteiger partial charge in [-0.3, -0.25) is 9.97 Å². The van der Waals surface area contributed by atoms with Gasteiger partial charge in [0.05, 0.1) is 6.20 Å². The fourth-order valence-electron chi connectivity index (χ4n) is 1.73. The first-order valence-corrected chi connectivity index (χ1v) is 7.62. The monoisotopic (exact) mass is 349 g/mol. The molecule has 0 aromatic carbocycles. The summed E-state index contributed by atoms with van der Waals surface area (Å²) in [6.07, 6.45) is 5.28. The maximum Gasteiger partial charge on any atom is 0.146 e. The molecule has 112 valence electrons. The molecule has 0 unspecified atom stereocenters. The van der Waals surface area contributed by atoms with Gasteiger partial charge in [-0.15, -0.1) is 0 Å². The van der Waals surface area contributed by atoms with Crippen LogP contribution in [-0.2, 0) is 6.54 Å². The van der Waals surface area contributed by atoms with Crippen LogP contribution in [0.1, 0.15) is 32.0 Å². The molecule has 21 heavy (non-hydrogen) atoms. The molecule has 0 amide bonds. The number of pyridine rings is 2. The molecule has 0 aliphatic carbocycles. The van der Waals surface area contributed by atoms with E-state index in [1.54, 1.807) is 12.4 Å². The number of ether oxygens (including phenoxy) is 1. The largest absolute Gasteiger partial charge is 0.455 e. The van der Waals surface area contributed by atoms with Crippen LogP contribution in [0.5, 0.6) is 11.5 Å². The first-order chi connectivity index (χ1) is 9.83. The van der Waals surface area contributed by atoms with Gasteiger partial charge in [0.15, 0.2) is 0 Å². The summed E-state index contributed by atoms with van der Waals surface area (Å²) in [5.41, 5.74) is 1.99. The zero-order valence-electron chi connectivity index (χ0n) is 12.8. The molecule has 0 radical (unpaired) electrons. The summed E-state index contributed by atoms with van der Waals surface area (Å²) < 4.78 is 6.85. The van der Waals surface area contributed by atoms with Gasteiger partial charge in [-0.25, -0.2) is 0 Å². The highest BCUT2D eigenvalue weighted by Crippen LogP contribution is 2.27. The molecule has 2 aromatic rings. The topological polar surface area (TPSA) is 47.0 Å². The number of nitrogens with zero attached hydrogens (tertiary/aromatic N) is 2. The SMILES string of the molecule is Cc1cc(Oc2cncc(Br)c2)c(CNC(C)(C)C)cn1. The second kappa shape index (κ2) is 6.54. The van der Waals surface area contributed by atoms with Crippen LogP contribution in [0.4, 0.5) is 0 Å². The van der Waals surface area contributed by atoms with E-state index < -0.39 is 0 Å². The van der Waals surface area contributed by atoms with Crippen molar-refractivity contribution >= 4 is 15.9 Å². The van der Waals surface area contributed by atoms with Gasteiger partial charge in [-0.1, -0.05) is 0 Å². The Morgan fingerprint density at radius 3 is 2.62 bits per heavy atom. The fourth-order valence-corrected chi connectivity index (χ4v) is 2.07. The van der Waals surface area contributed by atoms with Crippen LogP contribution in [0.2, 0.25) is 0 Å². The fraction of sp³-hybridized carbons (Fsp3) is 0.375. The third-order valence-corrected chi connectivity index (χ3v) is 3.23. The average Bonchev–Trinajstić information content (AvgIpc) is 2.36. The summed E-state index contributed by atoms with van der Waals surface area (Å²) in [7, 11) is 0. The molecule has 0 saturated heterocycles. The second-order valence-electron chi connectivity index (χ2n) is 5.98. The summed E-state index contributed by atoms with van der Waals surface area (Å²) in [5, 5.41) is 3.45. The maximum absolute atomic E-state index is 5.96. The lowest BCUT2D eigenvalue weighted by Gasteiger charge is -2.21. The minimum absolute atomic E-state index is 0.0412. The Bertz CT molecular complexity index is 623. The van der Waals surface area contributed by atoms with Crippen molar-refractivity contribution in [3.8, 4) is 11.5 Å². The van der Waals surface area contributed by atoms with Gasteiger partial charge in [-0.2, -0.15) is 0 Å². The van der Waals surface area contributed by atoms with E-state index in [2.05, 4.69) is 52.0 Å². The van der Waals surface area contributed by atoms with Crippen molar-refractivity contribution < 1.29 is 4.74 Å². The van der Waals surface area contributed by atoms with E-state index in [9.17, 15) is 0 Å². The quantitative estimate of drug-likeness (QED) is 0.897. The Hall–Kier alpha value is -1.46. The van der Waals surface area contributed by atoms with Crippen molar-refractivity contribution in [3.63, 3.8) is 0 Å². The third kappa shape index (κ3) is 5.10. The van der Waals surface area contributed by atoms with Crippen LogP contribution in [0.3, 0.4) is 0 Å². The molecule has 4 nitrogen and oxygen atoms in total. The molecule has 2 aromatic heterocycles. The van der Waals surface area contributed by atoms with Crippen molar-refractivity contribution in [1.82, 2.24) is 15.3 Å². The van der Waals surface area contributed by atoms with E-state index in [1.807, 2.05) is 25.3 Å². The van der Waals surface area contributed by atoms with E-state index in [0.29, 0.717) is 12.3 Å². The van der Waals surface area contributed by atoms with Crippen LogP contribution in [0.25, 0.3) is 0 Å². The van der Waals surface area contributed by atoms with E-state index in [0.717, 1.165) is 21.5 Å². The molecule has 0 aliphatic rings. The maximum atomic E-state index is 5.96. The number of aromatic nitrogens is 2. The Morgan fingerprint density at radius 2 is 1.95 bits per heavy atom. The van der Waals surface area contributed by atoms with Gasteiger partial charge in [0.2, 0.25) is 0 Å². The van der Waals surface area contributed by atoms with Gasteiger partial charge >= 0.3 is 0 Å². The van der Waals surface area contributed by atoms with Crippen molar-refractivity contribution in [2.45, 2.75) is 39.8 Å². The van der Waals surface area contributed by atoms with E-state index >= 15 is 0 Å². The van der Waals surface area contributed by atoms with Crippen molar-refractivity contribution in [1.29, 1.82) is 0 Å². The van der Waals surface area contributed by atoms with Gasteiger partial charge < -0.3 is 10.1 Å². The van der Waals surface area contributed by atoms with Gasteiger partial charge in [0.1, 0.15) is 11.5 Å². The zero-order valence-corrected chi connectivity index (χ0v) is 14.4. The van der Waals surface area contributed by atoms with E-state index in [4.69, 9.17) is 4.74 Å². The smallest absolute Gasteiger partial charge is 0.146 e. The number of halogens is 1. The Kier molecular flexibility index (Phi) is 4.96. The lowest BCUT2D eigenvalue weighted by Crippen LogP contribution is -2.35. The Morgan fingerprint density at radius 1 is 1.19 bits per heavy atom. The molecule has 2 rings (SSSR count). The second-order valence-corrected chi connectivity index (χ2v) is 6.89. The summed E-state index contributed by atoms with van der Waals surface area (Å²) in [5.74, 6) is 1.51. The van der Waals surface area contributed by atoms with Crippen molar-refractivity contribution in [2.24, 2.45) is 0 Å². The minimum atomic E-state index is 0.0412. The normalized spacial score (nSPS) is 11.5. The minimum Gasteiger partial charge on any atom is -0.455 e. The molecule has 5 heteroatoms. The number of hydrogen-bond acceptors (Lipinski definition) is 4. The predicted molar refractivity (Wildman–Crippen MR) is 87.6 cm³/mol. The Labute approximate surface area is 134 Å². The number of aryl methyl sites for hydroxylation is 1. The standard InChI is InChI=1S/C16H20BrN3O/c1-11-5-15(21-14-6-13(17)9-18-10-14)12(7-19-11)8-20-16(2,3)4/h5-7,9-10,20H,8H2,1-4H3. The highest BCUT2D eigenvalue weighted by Gasteiger charge is 2.12. The summed E-state index contributed by atoms with van der Waals surface area (Å²) in [4.78, 5) is 8.47. The predicted octanol–water partition coefficient (Wildman–Crippen LogP) is 4.23. The van der Waals surface area contributed by atoms with Gasteiger partial charge in [0, 0.05) is 46.3 Å². The lowest BCUT2D eigenvalue weighted by atomic mass is 10.1. The van der Waals surface area contributed by atoms with Crippen LogP contribution in [-0.4, -0.2) is 15.5 Å². The number of hydrogen-bond donors (Lipinski definition) is 1. The third-order valence-electron chi connectivity index (χ3n) is 2.80. The first-order valence-electron chi connectivity index (χ1n) is 6.82. The van der Waals surface area contributed by atoms with Gasteiger partial charge in [-0.05, 0) is 49.7 Å². The van der Waals surface area contributed by atoms with Crippen LogP contribution in [0.15, 0.2) is 35.2 Å². The molecular formula is C16H20BrN3O. The highest BCUT2D eigenvalue weighted by atomic mass is 79.9. The molecule has 0 bridgehead atoms. The average molecular weight is 350 g/mol. The molecule has 0 spiro atoms. The van der Waals surface area contributed by atoms with Crippen molar-refractivity contribution in [2.75, 3.05) is 0 Å². The van der Waals surface area contributed by atoms with E-state index in [1.165, 1.54) is 0 Å². The van der Waals surface area contributed by atoms with Crippen LogP contribution < -0.4 is 10.1 Å². The van der Waals surface area contributed by atoms with Gasteiger partial charge in [0.25, 0.3) is 0 Å². The lowest BCUT2D eigenvalue weighted by molar-refractivity contribution is 0.413. The molecular weight excluding hydrogens is 330 g/mol. The first kappa shape index (κ1) is 15.9. The summed E-state index contributed by atoms with van der Waals surface area (Å²) >= 11 is 3.40. The summed E-state index contributed by atoms with van der Waals surface area (Å²) in [6, 6.07) is 3.84. The molecule has 0 aliphatic heterocycles. The zero-order chi connectivity index (χ0) is 15.5. The summed E-state index contributed by atoms with van der Waals surface area (Å²) in [6.45, 7) is 9.05. The molecule has 0 saturated carbocycles. The van der Waals surface area contributed by atoms with Crippen LogP contribution in [0, 0.1) is 6.92 Å². The van der Waals surface area contributed by atoms with E-state index in [-0.39, 0.29) is 5.54 Å². The number of rotatable bonds is 4. The molecule has 0 fully saturated rings.